The van der Waals surface area contributed by atoms with E-state index in [0.717, 1.165) is 32.5 Å². The molecule has 3 heterocycles. The molecule has 2 aliphatic rings. The number of hydrogen-bond acceptors (Lipinski definition) is 4. The van der Waals surface area contributed by atoms with Crippen molar-refractivity contribution in [2.24, 2.45) is 5.92 Å². The van der Waals surface area contributed by atoms with E-state index in [1.807, 2.05) is 0 Å². The maximum absolute atomic E-state index is 12.4. The third-order valence-electron chi connectivity index (χ3n) is 5.30. The highest BCUT2D eigenvalue weighted by atomic mass is 16.3. The molecule has 1 atom stereocenters. The van der Waals surface area contributed by atoms with Crippen molar-refractivity contribution < 1.29 is 14.0 Å². The summed E-state index contributed by atoms with van der Waals surface area (Å²) < 4.78 is 5.16. The number of carbonyl (C=O) groups excluding carboxylic acids is 2. The van der Waals surface area contributed by atoms with E-state index in [9.17, 15) is 9.59 Å². The number of nitrogens with one attached hydrogen (secondary N) is 1. The van der Waals surface area contributed by atoms with Crippen LogP contribution in [0.4, 0.5) is 0 Å². The molecule has 2 aliphatic heterocycles. The molecule has 6 nitrogen and oxygen atoms in total. The average molecular weight is 333 g/mol. The van der Waals surface area contributed by atoms with Crippen LogP contribution in [0.1, 0.15) is 43.2 Å². The van der Waals surface area contributed by atoms with Crippen molar-refractivity contribution in [2.45, 2.75) is 38.6 Å². The third kappa shape index (κ3) is 3.80. The Labute approximate surface area is 143 Å². The van der Waals surface area contributed by atoms with Gasteiger partial charge in [-0.25, -0.2) is 0 Å². The van der Waals surface area contributed by atoms with Gasteiger partial charge in [-0.05, 0) is 50.9 Å². The van der Waals surface area contributed by atoms with Gasteiger partial charge in [0, 0.05) is 31.6 Å². The molecule has 1 unspecified atom stereocenters. The van der Waals surface area contributed by atoms with E-state index < -0.39 is 0 Å². The Morgan fingerprint density at radius 2 is 2.04 bits per heavy atom. The zero-order chi connectivity index (χ0) is 16.9. The van der Waals surface area contributed by atoms with Gasteiger partial charge in [-0.1, -0.05) is 6.92 Å². The van der Waals surface area contributed by atoms with Gasteiger partial charge in [-0.15, -0.1) is 0 Å². The number of piperidine rings is 1. The molecular weight excluding hydrogens is 306 g/mol. The fourth-order valence-corrected chi connectivity index (χ4v) is 3.81. The summed E-state index contributed by atoms with van der Waals surface area (Å²) in [4.78, 5) is 28.8. The van der Waals surface area contributed by atoms with Gasteiger partial charge in [-0.2, -0.15) is 0 Å². The standard InChI is InChI=1S/C18H27N3O3/c1-2-20-9-3-5-15(20)13-19-17(22)14-7-10-21(11-8-14)18(23)16-6-4-12-24-16/h4,6,12,14-15H,2-3,5,7-11,13H2,1H3,(H,19,22). The molecule has 1 N–H and O–H groups in total. The maximum atomic E-state index is 12.4. The SMILES string of the molecule is CCN1CCCC1CNC(=O)C1CCN(C(=O)c2ccco2)CC1. The van der Waals surface area contributed by atoms with Crippen LogP contribution >= 0.6 is 0 Å². The van der Waals surface area contributed by atoms with Crippen LogP contribution in [0, 0.1) is 5.92 Å². The summed E-state index contributed by atoms with van der Waals surface area (Å²) in [7, 11) is 0. The van der Waals surface area contributed by atoms with Crippen LogP contribution in [0.25, 0.3) is 0 Å². The molecular formula is C18H27N3O3. The van der Waals surface area contributed by atoms with Crippen LogP contribution < -0.4 is 5.32 Å². The van der Waals surface area contributed by atoms with Crippen molar-refractivity contribution in [1.29, 1.82) is 0 Å². The van der Waals surface area contributed by atoms with E-state index in [1.54, 1.807) is 17.0 Å². The van der Waals surface area contributed by atoms with Crippen molar-refractivity contribution in [3.8, 4) is 0 Å². The zero-order valence-corrected chi connectivity index (χ0v) is 14.4. The van der Waals surface area contributed by atoms with Crippen molar-refractivity contribution >= 4 is 11.8 Å². The molecule has 132 valence electrons. The summed E-state index contributed by atoms with van der Waals surface area (Å²) in [5, 5.41) is 3.13. The van der Waals surface area contributed by atoms with E-state index in [2.05, 4.69) is 17.1 Å². The second-order valence-corrected chi connectivity index (χ2v) is 6.71. The highest BCUT2D eigenvalue weighted by molar-refractivity contribution is 5.91. The van der Waals surface area contributed by atoms with Crippen molar-refractivity contribution in [2.75, 3.05) is 32.7 Å². The topological polar surface area (TPSA) is 65.8 Å². The number of rotatable bonds is 5. The summed E-state index contributed by atoms with van der Waals surface area (Å²) in [6.07, 6.45) is 5.35. The average Bonchev–Trinajstić information content (AvgIpc) is 3.30. The van der Waals surface area contributed by atoms with Gasteiger partial charge in [0.15, 0.2) is 5.76 Å². The largest absolute Gasteiger partial charge is 0.459 e. The summed E-state index contributed by atoms with van der Waals surface area (Å²) in [5.74, 6) is 0.451. The highest BCUT2D eigenvalue weighted by Gasteiger charge is 2.30. The number of hydrogen-bond donors (Lipinski definition) is 1. The number of furan rings is 1. The first kappa shape index (κ1) is 17.0. The van der Waals surface area contributed by atoms with Crippen LogP contribution in [-0.4, -0.2) is 60.4 Å². The molecule has 2 saturated heterocycles. The Morgan fingerprint density at radius 1 is 1.25 bits per heavy atom. The number of nitrogens with zero attached hydrogens (tertiary/aromatic N) is 2. The third-order valence-corrected chi connectivity index (χ3v) is 5.30. The molecule has 2 fully saturated rings. The fraction of sp³-hybridized carbons (Fsp3) is 0.667. The quantitative estimate of drug-likeness (QED) is 0.891. The van der Waals surface area contributed by atoms with E-state index >= 15 is 0 Å². The molecule has 0 aromatic carbocycles. The van der Waals surface area contributed by atoms with Gasteiger partial charge >= 0.3 is 0 Å². The van der Waals surface area contributed by atoms with E-state index in [-0.39, 0.29) is 17.7 Å². The van der Waals surface area contributed by atoms with Crippen molar-refractivity contribution in [3.63, 3.8) is 0 Å². The molecule has 0 spiro atoms. The van der Waals surface area contributed by atoms with E-state index in [4.69, 9.17) is 4.42 Å². The maximum Gasteiger partial charge on any atom is 0.289 e. The highest BCUT2D eigenvalue weighted by Crippen LogP contribution is 2.20. The zero-order valence-electron chi connectivity index (χ0n) is 14.4. The molecule has 6 heteroatoms. The lowest BCUT2D eigenvalue weighted by Crippen LogP contribution is -2.45. The minimum Gasteiger partial charge on any atom is -0.459 e. The Balaban J connectivity index is 1.43. The summed E-state index contributed by atoms with van der Waals surface area (Å²) >= 11 is 0. The molecule has 2 amide bonds. The lowest BCUT2D eigenvalue weighted by atomic mass is 9.95. The second-order valence-electron chi connectivity index (χ2n) is 6.71. The Hall–Kier alpha value is -1.82. The molecule has 0 aliphatic carbocycles. The molecule has 1 aromatic heterocycles. The van der Waals surface area contributed by atoms with Crippen LogP contribution in [0.5, 0.6) is 0 Å². The minimum absolute atomic E-state index is 0.0159. The summed E-state index contributed by atoms with van der Waals surface area (Å²) in [5.41, 5.74) is 0. The van der Waals surface area contributed by atoms with Crippen LogP contribution in [0.15, 0.2) is 22.8 Å². The normalized spacial score (nSPS) is 22.7. The molecule has 24 heavy (non-hydrogen) atoms. The van der Waals surface area contributed by atoms with Crippen molar-refractivity contribution in [3.05, 3.63) is 24.2 Å². The lowest BCUT2D eigenvalue weighted by molar-refractivity contribution is -0.126. The van der Waals surface area contributed by atoms with Gasteiger partial charge in [0.2, 0.25) is 5.91 Å². The number of likely N-dealkylation sites (tertiary alicyclic amines) is 2. The fourth-order valence-electron chi connectivity index (χ4n) is 3.81. The van der Waals surface area contributed by atoms with Crippen molar-refractivity contribution in [1.82, 2.24) is 15.1 Å². The van der Waals surface area contributed by atoms with Crippen LogP contribution in [0.3, 0.4) is 0 Å². The van der Waals surface area contributed by atoms with Gasteiger partial charge < -0.3 is 14.6 Å². The first-order valence-electron chi connectivity index (χ1n) is 9.03. The van der Waals surface area contributed by atoms with Gasteiger partial charge in [0.1, 0.15) is 0 Å². The second kappa shape index (κ2) is 7.83. The van der Waals surface area contributed by atoms with Gasteiger partial charge in [0.25, 0.3) is 5.91 Å². The van der Waals surface area contributed by atoms with E-state index in [1.165, 1.54) is 19.1 Å². The molecule has 0 radical (unpaired) electrons. The predicted octanol–water partition coefficient (Wildman–Crippen LogP) is 1.73. The molecule has 0 bridgehead atoms. The molecule has 1 aromatic rings. The number of carbonyl (C=O) groups is 2. The first-order valence-corrected chi connectivity index (χ1v) is 9.03. The monoisotopic (exact) mass is 333 g/mol. The Bertz CT molecular complexity index is 550. The summed E-state index contributed by atoms with van der Waals surface area (Å²) in [6.45, 7) is 6.34. The predicted molar refractivity (Wildman–Crippen MR) is 90.6 cm³/mol. The number of likely N-dealkylation sites (N-methyl/N-ethyl adjacent to an activating group) is 1. The van der Waals surface area contributed by atoms with Gasteiger partial charge in [-0.3, -0.25) is 14.5 Å². The minimum atomic E-state index is -0.0802. The lowest BCUT2D eigenvalue weighted by Gasteiger charge is -2.31. The Morgan fingerprint density at radius 3 is 2.71 bits per heavy atom. The molecule has 3 rings (SSSR count). The van der Waals surface area contributed by atoms with Crippen LogP contribution in [0.2, 0.25) is 0 Å². The van der Waals surface area contributed by atoms with Crippen LogP contribution in [-0.2, 0) is 4.79 Å². The summed E-state index contributed by atoms with van der Waals surface area (Å²) in [6, 6.07) is 3.89. The molecule has 0 saturated carbocycles. The first-order chi connectivity index (χ1) is 11.7. The van der Waals surface area contributed by atoms with E-state index in [0.29, 0.717) is 24.9 Å². The smallest absolute Gasteiger partial charge is 0.289 e. The number of amides is 2. The Kier molecular flexibility index (Phi) is 5.56. The van der Waals surface area contributed by atoms with Gasteiger partial charge in [0.05, 0.1) is 6.26 Å².